The zero-order chi connectivity index (χ0) is 44.5. The molecule has 22 atom stereocenters. The third-order valence-corrected chi connectivity index (χ3v) is 16.7. The van der Waals surface area contributed by atoms with Crippen molar-refractivity contribution in [3.8, 4) is 0 Å². The Morgan fingerprint density at radius 1 is 0.790 bits per heavy atom. The first-order valence-corrected chi connectivity index (χ1v) is 22.6. The molecule has 0 spiro atoms. The SMILES string of the molecule is CO[C@@H]1C[C@@H](OC[C@H]2O[C@@H](OC[C@@H]3O[C@H](O[C@H]4CC[C@]5(C)[C@@H](CC[C@H]6[C@H]5CC[C@@]5(C)[C@H](C7=CC(=O)OC7)CC[C@]65O)C4)[C@@H](O)[C@H](O)[C@H]3O)[C@H](O)[C@H](O)[C@@H]2O)O[C@H](C)[C@H]1OC(C)=O. The number of hydrogen-bond donors (Lipinski definition) is 7. The van der Waals surface area contributed by atoms with Crippen LogP contribution in [0.25, 0.3) is 0 Å². The zero-order valence-electron chi connectivity index (χ0n) is 36.4. The van der Waals surface area contributed by atoms with Gasteiger partial charge in [0.15, 0.2) is 25.0 Å². The van der Waals surface area contributed by atoms with Gasteiger partial charge in [-0.05, 0) is 99.4 Å². The molecule has 7 N–H and O–H groups in total. The van der Waals surface area contributed by atoms with Crippen LogP contribution in [-0.4, -0.2) is 172 Å². The molecule has 0 radical (unpaired) electrons. The molecule has 0 aromatic carbocycles. The van der Waals surface area contributed by atoms with Crippen LogP contribution in [0.2, 0.25) is 0 Å². The Kier molecular flexibility index (Phi) is 13.6. The number of esters is 2. The first-order valence-electron chi connectivity index (χ1n) is 22.6. The van der Waals surface area contributed by atoms with Gasteiger partial charge in [0.1, 0.15) is 61.5 Å². The topological polar surface area (TPSA) is 259 Å². The zero-order valence-corrected chi connectivity index (χ0v) is 36.4. The molecular weight excluding hydrogens is 816 g/mol. The second-order valence-electron chi connectivity index (χ2n) is 19.9. The van der Waals surface area contributed by atoms with Gasteiger partial charge in [-0.15, -0.1) is 0 Å². The lowest BCUT2D eigenvalue weighted by Crippen LogP contribution is -2.63. The first kappa shape index (κ1) is 46.6. The van der Waals surface area contributed by atoms with E-state index >= 15 is 0 Å². The van der Waals surface area contributed by atoms with E-state index in [2.05, 4.69) is 13.8 Å². The van der Waals surface area contributed by atoms with Gasteiger partial charge in [0, 0.05) is 31.9 Å². The van der Waals surface area contributed by atoms with E-state index in [4.69, 9.17) is 42.6 Å². The fourth-order valence-electron chi connectivity index (χ4n) is 13.1. The minimum Gasteiger partial charge on any atom is -0.458 e. The average Bonchev–Trinajstić information content (AvgIpc) is 3.79. The summed E-state index contributed by atoms with van der Waals surface area (Å²) >= 11 is 0. The number of methoxy groups -OCH3 is 1. The average molecular weight is 885 g/mol. The van der Waals surface area contributed by atoms with Crippen LogP contribution in [-0.2, 0) is 52.2 Å². The molecule has 0 aromatic heterocycles. The second-order valence-corrected chi connectivity index (χ2v) is 19.9. The van der Waals surface area contributed by atoms with Gasteiger partial charge < -0.3 is 78.4 Å². The molecule has 8 rings (SSSR count). The molecule has 3 saturated heterocycles. The highest BCUT2D eigenvalue weighted by Crippen LogP contribution is 2.70. The van der Waals surface area contributed by atoms with Crippen LogP contribution in [0, 0.1) is 34.5 Å². The van der Waals surface area contributed by atoms with Crippen LogP contribution in [0.3, 0.4) is 0 Å². The summed E-state index contributed by atoms with van der Waals surface area (Å²) in [4.78, 5) is 23.6. The molecule has 352 valence electrons. The van der Waals surface area contributed by atoms with E-state index in [1.807, 2.05) is 0 Å². The normalized spacial score (nSPS) is 51.7. The lowest BCUT2D eigenvalue weighted by molar-refractivity contribution is -0.342. The predicted molar refractivity (Wildman–Crippen MR) is 211 cm³/mol. The molecule has 0 amide bonds. The standard InChI is InChI=1S/C44H68O18/c1-20-39(59-21(2)45)28(54-5)16-32(58-20)56-18-29-33(47)35(49)37(51)40(61-29)57-19-30-34(48)36(50)38(52)41(62-30)60-24-8-11-42(3)23(15-24)6-7-27-26(42)9-12-43(4)25(10-13-44(27,43)53)22-14-31(46)55-17-22/h14,20,23-30,32-41,47-53H,6-13,15-19H2,1-5H3/t20-,23+,24+,25+,26-,27+,28-,29-,30+,32+,33-,34+,35-,36-,37-,38+,39-,40-,41+,42-,43+,44+/m1/s1. The molecule has 4 aliphatic carbocycles. The summed E-state index contributed by atoms with van der Waals surface area (Å²) < 4.78 is 52.0. The summed E-state index contributed by atoms with van der Waals surface area (Å²) in [6, 6.07) is 0. The predicted octanol–water partition coefficient (Wildman–Crippen LogP) is 0.359. The molecule has 4 aliphatic heterocycles. The van der Waals surface area contributed by atoms with Gasteiger partial charge in [-0.3, -0.25) is 4.79 Å². The van der Waals surface area contributed by atoms with E-state index in [1.165, 1.54) is 14.0 Å². The van der Waals surface area contributed by atoms with Crippen molar-refractivity contribution in [3.63, 3.8) is 0 Å². The summed E-state index contributed by atoms with van der Waals surface area (Å²) in [7, 11) is 1.47. The fourth-order valence-corrected chi connectivity index (χ4v) is 13.1. The lowest BCUT2D eigenvalue weighted by Gasteiger charge is -2.64. The minimum absolute atomic E-state index is 0.0356. The summed E-state index contributed by atoms with van der Waals surface area (Å²) in [5.41, 5.74) is -0.180. The van der Waals surface area contributed by atoms with Gasteiger partial charge >= 0.3 is 11.9 Å². The number of rotatable bonds is 11. The summed E-state index contributed by atoms with van der Waals surface area (Å²) in [6.07, 6.45) is -8.73. The van der Waals surface area contributed by atoms with Gasteiger partial charge in [-0.2, -0.15) is 0 Å². The number of ether oxygens (including phenoxy) is 9. The fraction of sp³-hybridized carbons (Fsp3) is 0.909. The van der Waals surface area contributed by atoms with Crippen molar-refractivity contribution in [1.82, 2.24) is 0 Å². The van der Waals surface area contributed by atoms with Crippen molar-refractivity contribution in [2.45, 2.75) is 190 Å². The van der Waals surface area contributed by atoms with E-state index in [-0.39, 0.29) is 47.8 Å². The highest BCUT2D eigenvalue weighted by molar-refractivity contribution is 5.85. The summed E-state index contributed by atoms with van der Waals surface area (Å²) in [6.45, 7) is 7.13. The Balaban J connectivity index is 0.853. The number of fused-ring (bicyclic) bond motifs is 5. The summed E-state index contributed by atoms with van der Waals surface area (Å²) in [5.74, 6) is 0.101. The molecule has 0 unspecified atom stereocenters. The van der Waals surface area contributed by atoms with Gasteiger partial charge in [0.25, 0.3) is 0 Å². The smallest absolute Gasteiger partial charge is 0.331 e. The Bertz CT molecular complexity index is 1650. The van der Waals surface area contributed by atoms with Crippen LogP contribution in [0.15, 0.2) is 11.6 Å². The lowest BCUT2D eigenvalue weighted by atomic mass is 9.43. The van der Waals surface area contributed by atoms with Gasteiger partial charge in [-0.1, -0.05) is 13.8 Å². The molecule has 4 saturated carbocycles. The van der Waals surface area contributed by atoms with E-state index in [0.29, 0.717) is 37.7 Å². The van der Waals surface area contributed by atoms with Crippen molar-refractivity contribution in [2.24, 2.45) is 34.5 Å². The van der Waals surface area contributed by atoms with E-state index in [9.17, 15) is 45.3 Å². The monoisotopic (exact) mass is 884 g/mol. The number of carbonyl (C=O) groups excluding carboxylic acids is 2. The van der Waals surface area contributed by atoms with E-state index in [1.54, 1.807) is 13.0 Å². The molecule has 18 heteroatoms. The number of cyclic esters (lactones) is 1. The van der Waals surface area contributed by atoms with Crippen LogP contribution in [0.4, 0.5) is 0 Å². The molecule has 4 heterocycles. The van der Waals surface area contributed by atoms with Crippen LogP contribution >= 0.6 is 0 Å². The molecule has 8 aliphatic rings. The van der Waals surface area contributed by atoms with Crippen molar-refractivity contribution < 1.29 is 88.0 Å². The molecule has 7 fully saturated rings. The quantitative estimate of drug-likeness (QED) is 0.109. The van der Waals surface area contributed by atoms with Gasteiger partial charge in [-0.25, -0.2) is 4.79 Å². The maximum atomic E-state index is 12.6. The number of aliphatic hydroxyl groups excluding tert-OH is 6. The van der Waals surface area contributed by atoms with Crippen LogP contribution < -0.4 is 0 Å². The summed E-state index contributed by atoms with van der Waals surface area (Å²) in [5, 5.41) is 77.8. The van der Waals surface area contributed by atoms with Crippen molar-refractivity contribution in [1.29, 1.82) is 0 Å². The Hall–Kier alpha value is -1.88. The second kappa shape index (κ2) is 18.1. The molecule has 18 nitrogen and oxygen atoms in total. The van der Waals surface area contributed by atoms with Crippen molar-refractivity contribution in [3.05, 3.63) is 11.6 Å². The maximum Gasteiger partial charge on any atom is 0.331 e. The number of hydrogen-bond acceptors (Lipinski definition) is 18. The Morgan fingerprint density at radius 3 is 2.13 bits per heavy atom. The van der Waals surface area contributed by atoms with Crippen LogP contribution in [0.1, 0.15) is 91.9 Å². The maximum absolute atomic E-state index is 12.6. The Morgan fingerprint density at radius 2 is 1.47 bits per heavy atom. The van der Waals surface area contributed by atoms with E-state index < -0.39 is 104 Å². The van der Waals surface area contributed by atoms with Crippen molar-refractivity contribution in [2.75, 3.05) is 26.9 Å². The highest BCUT2D eigenvalue weighted by atomic mass is 16.7. The minimum atomic E-state index is -1.71. The molecule has 0 aromatic rings. The first-order chi connectivity index (χ1) is 29.4. The molecular formula is C44H68O18. The van der Waals surface area contributed by atoms with Crippen molar-refractivity contribution >= 4 is 11.9 Å². The Labute approximate surface area is 362 Å². The molecule has 62 heavy (non-hydrogen) atoms. The number of carbonyl (C=O) groups is 2. The molecule has 0 bridgehead atoms. The van der Waals surface area contributed by atoms with Gasteiger partial charge in [0.2, 0.25) is 0 Å². The third kappa shape index (κ3) is 8.30. The highest BCUT2D eigenvalue weighted by Gasteiger charge is 2.68. The van der Waals surface area contributed by atoms with Gasteiger partial charge in [0.05, 0.1) is 31.0 Å². The van der Waals surface area contributed by atoms with E-state index in [0.717, 1.165) is 44.1 Å². The third-order valence-electron chi connectivity index (χ3n) is 16.7. The van der Waals surface area contributed by atoms with Crippen LogP contribution in [0.5, 0.6) is 0 Å². The number of aliphatic hydroxyl groups is 7. The largest absolute Gasteiger partial charge is 0.458 e.